The highest BCUT2D eigenvalue weighted by atomic mass is 16.7. The summed E-state index contributed by atoms with van der Waals surface area (Å²) in [6.07, 6.45) is 0. The summed E-state index contributed by atoms with van der Waals surface area (Å²) >= 11 is 0. The van der Waals surface area contributed by atoms with E-state index in [2.05, 4.69) is 0 Å². The van der Waals surface area contributed by atoms with Gasteiger partial charge < -0.3 is 19.3 Å². The summed E-state index contributed by atoms with van der Waals surface area (Å²) < 4.78 is 15.1. The molecule has 0 radical (unpaired) electrons. The van der Waals surface area contributed by atoms with Crippen molar-refractivity contribution in [3.63, 3.8) is 0 Å². The molecule has 1 atom stereocenters. The van der Waals surface area contributed by atoms with Gasteiger partial charge in [0.1, 0.15) is 6.79 Å². The molecule has 86 valence electrons. The third-order valence-corrected chi connectivity index (χ3v) is 2.17. The molecule has 0 bridgehead atoms. The first-order valence-electron chi connectivity index (χ1n) is 4.85. The molecule has 4 heteroatoms. The van der Waals surface area contributed by atoms with E-state index in [1.807, 2.05) is 6.92 Å². The third kappa shape index (κ3) is 7.26. The molecule has 0 amide bonds. The van der Waals surface area contributed by atoms with Crippen LogP contribution < -0.4 is 0 Å². The van der Waals surface area contributed by atoms with Gasteiger partial charge in [0.25, 0.3) is 0 Å². The predicted octanol–water partition coefficient (Wildman–Crippen LogP) is 1.03. The van der Waals surface area contributed by atoms with Crippen LogP contribution in [0.3, 0.4) is 0 Å². The van der Waals surface area contributed by atoms with E-state index in [4.69, 9.17) is 14.2 Å². The average molecular weight is 206 g/mol. The molecular weight excluding hydrogens is 184 g/mol. The molecular formula is C10H22O4. The molecule has 0 saturated carbocycles. The second-order valence-corrected chi connectivity index (χ2v) is 3.94. The van der Waals surface area contributed by atoms with E-state index in [0.717, 1.165) is 0 Å². The minimum Gasteiger partial charge on any atom is -0.390 e. The monoisotopic (exact) mass is 206 g/mol. The molecule has 0 unspecified atom stereocenters. The maximum atomic E-state index is 9.59. The molecule has 0 fully saturated rings. The van der Waals surface area contributed by atoms with Crippen molar-refractivity contribution in [1.82, 2.24) is 0 Å². The van der Waals surface area contributed by atoms with Gasteiger partial charge in [-0.3, -0.25) is 0 Å². The highest BCUT2D eigenvalue weighted by Gasteiger charge is 2.21. The Bertz CT molecular complexity index is 131. The van der Waals surface area contributed by atoms with Gasteiger partial charge in [0.2, 0.25) is 0 Å². The van der Waals surface area contributed by atoms with Gasteiger partial charge in [-0.05, 0) is 13.8 Å². The van der Waals surface area contributed by atoms with Crippen LogP contribution in [0.5, 0.6) is 0 Å². The lowest BCUT2D eigenvalue weighted by atomic mass is 9.94. The minimum atomic E-state index is -0.702. The van der Waals surface area contributed by atoms with Gasteiger partial charge >= 0.3 is 0 Å². The lowest BCUT2D eigenvalue weighted by Gasteiger charge is -2.25. The number of hydrogen-bond acceptors (Lipinski definition) is 4. The van der Waals surface area contributed by atoms with E-state index in [9.17, 15) is 5.11 Å². The number of ether oxygens (including phenoxy) is 3. The van der Waals surface area contributed by atoms with Crippen LogP contribution in [0.25, 0.3) is 0 Å². The number of rotatable bonds is 8. The van der Waals surface area contributed by atoms with Crippen molar-refractivity contribution in [2.24, 2.45) is 5.92 Å². The fourth-order valence-electron chi connectivity index (χ4n) is 0.689. The third-order valence-electron chi connectivity index (χ3n) is 2.17. The molecule has 0 aromatic carbocycles. The Kier molecular flexibility index (Phi) is 7.09. The van der Waals surface area contributed by atoms with Gasteiger partial charge in [-0.15, -0.1) is 0 Å². The zero-order valence-corrected chi connectivity index (χ0v) is 9.58. The molecule has 4 nitrogen and oxygen atoms in total. The first kappa shape index (κ1) is 13.8. The van der Waals surface area contributed by atoms with Crippen LogP contribution in [0, 0.1) is 5.92 Å². The predicted molar refractivity (Wildman–Crippen MR) is 54.1 cm³/mol. The van der Waals surface area contributed by atoms with Crippen molar-refractivity contribution in [3.8, 4) is 0 Å². The molecule has 0 aromatic heterocycles. The van der Waals surface area contributed by atoms with Crippen molar-refractivity contribution in [2.75, 3.05) is 33.7 Å². The summed E-state index contributed by atoms with van der Waals surface area (Å²) in [5.41, 5.74) is -0.702. The normalized spacial score (nSPS) is 14.4. The first-order chi connectivity index (χ1) is 6.48. The van der Waals surface area contributed by atoms with E-state index in [1.165, 1.54) is 0 Å². The van der Waals surface area contributed by atoms with Crippen molar-refractivity contribution in [1.29, 1.82) is 0 Å². The zero-order chi connectivity index (χ0) is 11.0. The molecule has 0 aromatic rings. The molecule has 0 aliphatic carbocycles. The van der Waals surface area contributed by atoms with Crippen LogP contribution >= 0.6 is 0 Å². The van der Waals surface area contributed by atoms with Crippen LogP contribution in [0.2, 0.25) is 0 Å². The smallest absolute Gasteiger partial charge is 0.146 e. The first-order valence-corrected chi connectivity index (χ1v) is 4.85. The summed E-state index contributed by atoms with van der Waals surface area (Å²) in [6.45, 7) is 7.34. The summed E-state index contributed by atoms with van der Waals surface area (Å²) in [5, 5.41) is 9.59. The molecule has 0 aliphatic rings. The minimum absolute atomic E-state index is 0.0912. The van der Waals surface area contributed by atoms with Crippen LogP contribution in [-0.2, 0) is 14.2 Å². The quantitative estimate of drug-likeness (QED) is 0.476. The standard InChI is InChI=1S/C10H22O4/c1-9(10(2,3)11)7-14-8-13-6-5-12-4/h9,11H,5-8H2,1-4H3/t9-/m0/s1. The van der Waals surface area contributed by atoms with Gasteiger partial charge in [-0.1, -0.05) is 6.92 Å². The number of methoxy groups -OCH3 is 1. The van der Waals surface area contributed by atoms with Crippen LogP contribution in [0.15, 0.2) is 0 Å². The summed E-state index contributed by atoms with van der Waals surface area (Å²) in [4.78, 5) is 0. The molecule has 0 aliphatic heterocycles. The molecule has 0 spiro atoms. The molecule has 0 rings (SSSR count). The van der Waals surface area contributed by atoms with Gasteiger partial charge in [-0.2, -0.15) is 0 Å². The molecule has 0 saturated heterocycles. The van der Waals surface area contributed by atoms with Crippen LogP contribution in [0.4, 0.5) is 0 Å². The van der Waals surface area contributed by atoms with E-state index >= 15 is 0 Å². The van der Waals surface area contributed by atoms with Gasteiger partial charge in [0, 0.05) is 13.0 Å². The Morgan fingerprint density at radius 1 is 1.21 bits per heavy atom. The Morgan fingerprint density at radius 3 is 2.36 bits per heavy atom. The maximum Gasteiger partial charge on any atom is 0.146 e. The van der Waals surface area contributed by atoms with E-state index in [0.29, 0.717) is 19.8 Å². The van der Waals surface area contributed by atoms with E-state index < -0.39 is 5.60 Å². The summed E-state index contributed by atoms with van der Waals surface area (Å²) in [5.74, 6) is 0.0912. The molecule has 1 N–H and O–H groups in total. The number of hydrogen-bond donors (Lipinski definition) is 1. The second kappa shape index (κ2) is 7.17. The van der Waals surface area contributed by atoms with E-state index in [-0.39, 0.29) is 12.7 Å². The van der Waals surface area contributed by atoms with Crippen LogP contribution in [-0.4, -0.2) is 44.4 Å². The topological polar surface area (TPSA) is 47.9 Å². The summed E-state index contributed by atoms with van der Waals surface area (Å²) in [7, 11) is 1.63. The van der Waals surface area contributed by atoms with Gasteiger partial charge in [0.15, 0.2) is 0 Å². The van der Waals surface area contributed by atoms with Crippen LogP contribution in [0.1, 0.15) is 20.8 Å². The fourth-order valence-corrected chi connectivity index (χ4v) is 0.689. The summed E-state index contributed by atoms with van der Waals surface area (Å²) in [6, 6.07) is 0. The SMILES string of the molecule is COCCOCOC[C@H](C)C(C)(C)O. The van der Waals surface area contributed by atoms with E-state index in [1.54, 1.807) is 21.0 Å². The fraction of sp³-hybridized carbons (Fsp3) is 1.00. The zero-order valence-electron chi connectivity index (χ0n) is 9.58. The highest BCUT2D eigenvalue weighted by Crippen LogP contribution is 2.15. The van der Waals surface area contributed by atoms with Crippen molar-refractivity contribution in [3.05, 3.63) is 0 Å². The molecule has 14 heavy (non-hydrogen) atoms. The Labute approximate surface area is 86.2 Å². The van der Waals surface area contributed by atoms with Gasteiger partial charge in [0.05, 0.1) is 25.4 Å². The highest BCUT2D eigenvalue weighted by molar-refractivity contribution is 4.72. The molecule has 0 heterocycles. The van der Waals surface area contributed by atoms with Crippen molar-refractivity contribution >= 4 is 0 Å². The Morgan fingerprint density at radius 2 is 1.86 bits per heavy atom. The Balaban J connectivity index is 3.28. The lowest BCUT2D eigenvalue weighted by molar-refractivity contribution is -0.0959. The van der Waals surface area contributed by atoms with Crippen molar-refractivity contribution < 1.29 is 19.3 Å². The van der Waals surface area contributed by atoms with Gasteiger partial charge in [-0.25, -0.2) is 0 Å². The average Bonchev–Trinajstić information content (AvgIpc) is 2.09. The lowest BCUT2D eigenvalue weighted by Crippen LogP contribution is -2.32. The second-order valence-electron chi connectivity index (χ2n) is 3.94. The maximum absolute atomic E-state index is 9.59. The Hall–Kier alpha value is -0.160. The number of aliphatic hydroxyl groups is 1. The largest absolute Gasteiger partial charge is 0.390 e. The van der Waals surface area contributed by atoms with Crippen molar-refractivity contribution in [2.45, 2.75) is 26.4 Å².